The van der Waals surface area contributed by atoms with Gasteiger partial charge >= 0.3 is 0 Å². The maximum Gasteiger partial charge on any atom is 0.263 e. The summed E-state index contributed by atoms with van der Waals surface area (Å²) in [6.07, 6.45) is 8.10. The Balaban J connectivity index is 1.28. The first kappa shape index (κ1) is 31.2. The monoisotopic (exact) mass is 600 g/mol. The molecule has 1 unspecified atom stereocenters. The van der Waals surface area contributed by atoms with Crippen molar-refractivity contribution in [3.63, 3.8) is 0 Å². The number of halogens is 2. The van der Waals surface area contributed by atoms with Crippen molar-refractivity contribution in [1.29, 1.82) is 0 Å². The fourth-order valence-electron chi connectivity index (χ4n) is 5.95. The summed E-state index contributed by atoms with van der Waals surface area (Å²) in [5.41, 5.74) is 2.84. The smallest absolute Gasteiger partial charge is 0.263 e. The molecule has 2 aromatic carbocycles. The number of anilines is 1. The SMILES string of the molecule is CCON1C=CC([C@H]2CCCN(C(C)C)C2)c2cc(C#CCNC(=O)c3cccn(Cc4ccc(F)c(F)c4)c3=O)ccc21. The van der Waals surface area contributed by atoms with E-state index in [-0.39, 0.29) is 24.6 Å². The van der Waals surface area contributed by atoms with Crippen LogP contribution in [0.1, 0.15) is 66.6 Å². The van der Waals surface area contributed by atoms with E-state index in [9.17, 15) is 18.4 Å². The highest BCUT2D eigenvalue weighted by atomic mass is 19.2. The molecule has 9 heteroatoms. The molecule has 3 heterocycles. The van der Waals surface area contributed by atoms with Crippen molar-refractivity contribution in [3.8, 4) is 11.8 Å². The van der Waals surface area contributed by atoms with Gasteiger partial charge in [-0.05, 0) is 99.7 Å². The molecule has 44 heavy (non-hydrogen) atoms. The normalized spacial score (nSPS) is 18.1. The maximum absolute atomic E-state index is 13.6. The number of likely N-dealkylation sites (tertiary alicyclic amines) is 1. The summed E-state index contributed by atoms with van der Waals surface area (Å²) in [5, 5.41) is 4.52. The molecule has 5 rings (SSSR count). The van der Waals surface area contributed by atoms with Crippen LogP contribution < -0.4 is 15.9 Å². The van der Waals surface area contributed by atoms with E-state index in [4.69, 9.17) is 4.84 Å². The number of amides is 1. The zero-order chi connectivity index (χ0) is 31.2. The molecule has 3 aromatic rings. The first-order valence-corrected chi connectivity index (χ1v) is 15.1. The second-order valence-electron chi connectivity index (χ2n) is 11.5. The lowest BCUT2D eigenvalue weighted by atomic mass is 9.78. The Bertz CT molecular complexity index is 1660. The van der Waals surface area contributed by atoms with Crippen LogP contribution in [-0.4, -0.2) is 47.7 Å². The Morgan fingerprint density at radius 3 is 2.75 bits per heavy atom. The van der Waals surface area contributed by atoms with Gasteiger partial charge in [0, 0.05) is 36.5 Å². The van der Waals surface area contributed by atoms with E-state index in [1.54, 1.807) is 6.07 Å². The van der Waals surface area contributed by atoms with Gasteiger partial charge in [-0.1, -0.05) is 24.0 Å². The number of hydrogen-bond acceptors (Lipinski definition) is 5. The van der Waals surface area contributed by atoms with Gasteiger partial charge in [0.05, 0.1) is 25.4 Å². The predicted molar refractivity (Wildman–Crippen MR) is 167 cm³/mol. The first-order valence-electron chi connectivity index (χ1n) is 15.1. The number of benzene rings is 2. The topological polar surface area (TPSA) is 66.8 Å². The van der Waals surface area contributed by atoms with Crippen LogP contribution in [0.15, 0.2) is 71.8 Å². The number of nitrogens with one attached hydrogen (secondary N) is 1. The number of fused-ring (bicyclic) bond motifs is 1. The number of piperidine rings is 1. The van der Waals surface area contributed by atoms with E-state index >= 15 is 0 Å². The zero-order valence-corrected chi connectivity index (χ0v) is 25.4. The molecule has 2 aliphatic rings. The summed E-state index contributed by atoms with van der Waals surface area (Å²) in [7, 11) is 0. The number of nitrogens with zero attached hydrogens (tertiary/aromatic N) is 3. The fraction of sp³-hybridized carbons (Fsp3) is 0.371. The maximum atomic E-state index is 13.6. The summed E-state index contributed by atoms with van der Waals surface area (Å²) < 4.78 is 28.2. The van der Waals surface area contributed by atoms with Crippen molar-refractivity contribution in [2.24, 2.45) is 5.92 Å². The van der Waals surface area contributed by atoms with Crippen LogP contribution in [0, 0.1) is 29.4 Å². The van der Waals surface area contributed by atoms with Crippen LogP contribution in [0.4, 0.5) is 14.5 Å². The quantitative estimate of drug-likeness (QED) is 0.349. The van der Waals surface area contributed by atoms with Gasteiger partial charge in [0.2, 0.25) is 0 Å². The van der Waals surface area contributed by atoms with Crippen LogP contribution >= 0.6 is 0 Å². The van der Waals surface area contributed by atoms with Crippen LogP contribution in [0.5, 0.6) is 0 Å². The van der Waals surface area contributed by atoms with Gasteiger partial charge in [0.25, 0.3) is 11.5 Å². The molecule has 1 N–H and O–H groups in total. The van der Waals surface area contributed by atoms with Gasteiger partial charge in [-0.3, -0.25) is 14.4 Å². The predicted octanol–water partition coefficient (Wildman–Crippen LogP) is 5.45. The molecule has 2 aliphatic heterocycles. The number of carbonyl (C=O) groups excluding carboxylic acids is 1. The third kappa shape index (κ3) is 7.09. The Kier molecular flexibility index (Phi) is 9.93. The summed E-state index contributed by atoms with van der Waals surface area (Å²) >= 11 is 0. The molecule has 1 fully saturated rings. The van der Waals surface area contributed by atoms with Crippen LogP contribution in [0.2, 0.25) is 0 Å². The molecule has 0 bridgehead atoms. The number of rotatable bonds is 8. The van der Waals surface area contributed by atoms with E-state index in [2.05, 4.69) is 48.0 Å². The summed E-state index contributed by atoms with van der Waals surface area (Å²) in [6.45, 7) is 9.25. The Labute approximate surface area is 257 Å². The van der Waals surface area contributed by atoms with Crippen molar-refractivity contribution in [2.75, 3.05) is 31.3 Å². The summed E-state index contributed by atoms with van der Waals surface area (Å²) in [6, 6.07) is 13.1. The Hall–Kier alpha value is -4.26. The summed E-state index contributed by atoms with van der Waals surface area (Å²) in [4.78, 5) is 34.2. The van der Waals surface area contributed by atoms with E-state index in [1.165, 1.54) is 34.9 Å². The molecular weight excluding hydrogens is 562 g/mol. The standard InChI is InChI=1S/C35H38F2N4O3/c1-4-44-41-19-15-28(27-9-6-17-39(23-27)24(2)3)30-20-25(12-14-33(30)41)8-5-16-38-34(42)29-10-7-18-40(35(29)43)22-26-11-13-31(36)32(37)21-26/h7,10-15,18-21,24,27-28H,4,6,9,16-17,22-23H2,1-3H3,(H,38,42)/t27-,28?/m0/s1. The van der Waals surface area contributed by atoms with Gasteiger partial charge in [-0.25, -0.2) is 13.8 Å². The van der Waals surface area contributed by atoms with Gasteiger partial charge in [-0.2, -0.15) is 0 Å². The average molecular weight is 601 g/mol. The van der Waals surface area contributed by atoms with Crippen molar-refractivity contribution in [1.82, 2.24) is 14.8 Å². The lowest BCUT2D eigenvalue weighted by Gasteiger charge is -2.40. The van der Waals surface area contributed by atoms with Crippen molar-refractivity contribution in [3.05, 3.63) is 111 Å². The van der Waals surface area contributed by atoms with Gasteiger partial charge < -0.3 is 14.8 Å². The molecule has 0 spiro atoms. The third-order valence-corrected chi connectivity index (χ3v) is 8.22. The van der Waals surface area contributed by atoms with Crippen LogP contribution in [-0.2, 0) is 11.4 Å². The molecular formula is C35H38F2N4O3. The van der Waals surface area contributed by atoms with E-state index in [0.29, 0.717) is 24.1 Å². The molecule has 0 aliphatic carbocycles. The third-order valence-electron chi connectivity index (χ3n) is 8.22. The summed E-state index contributed by atoms with van der Waals surface area (Å²) in [5.74, 6) is 4.39. The second kappa shape index (κ2) is 14.0. The van der Waals surface area contributed by atoms with Gasteiger partial charge in [-0.15, -0.1) is 0 Å². The molecule has 230 valence electrons. The number of aromatic nitrogens is 1. The zero-order valence-electron chi connectivity index (χ0n) is 25.4. The van der Waals surface area contributed by atoms with Crippen LogP contribution in [0.3, 0.4) is 0 Å². The number of hydroxylamine groups is 1. The van der Waals surface area contributed by atoms with Crippen molar-refractivity contribution in [2.45, 2.75) is 52.1 Å². The molecule has 7 nitrogen and oxygen atoms in total. The molecule has 1 saturated heterocycles. The number of hydrogen-bond donors (Lipinski definition) is 1. The molecule has 1 amide bonds. The molecule has 0 radical (unpaired) electrons. The lowest BCUT2D eigenvalue weighted by molar-refractivity contribution is 0.0956. The minimum Gasteiger partial charge on any atom is -0.341 e. The molecule has 1 aromatic heterocycles. The van der Waals surface area contributed by atoms with E-state index in [1.807, 2.05) is 30.3 Å². The van der Waals surface area contributed by atoms with E-state index < -0.39 is 23.1 Å². The molecule has 2 atom stereocenters. The second-order valence-corrected chi connectivity index (χ2v) is 11.5. The fourth-order valence-corrected chi connectivity index (χ4v) is 5.95. The highest BCUT2D eigenvalue weighted by molar-refractivity contribution is 5.93. The Morgan fingerprint density at radius 2 is 1.98 bits per heavy atom. The van der Waals surface area contributed by atoms with Crippen molar-refractivity contribution >= 4 is 11.6 Å². The van der Waals surface area contributed by atoms with E-state index in [0.717, 1.165) is 42.9 Å². The highest BCUT2D eigenvalue weighted by Gasteiger charge is 2.32. The average Bonchev–Trinajstić information content (AvgIpc) is 3.02. The number of carbonyl (C=O) groups is 1. The van der Waals surface area contributed by atoms with Gasteiger partial charge in [0.15, 0.2) is 11.6 Å². The number of pyridine rings is 1. The lowest BCUT2D eigenvalue weighted by Crippen LogP contribution is -2.42. The molecule has 0 saturated carbocycles. The highest BCUT2D eigenvalue weighted by Crippen LogP contribution is 2.41. The van der Waals surface area contributed by atoms with Crippen molar-refractivity contribution < 1.29 is 18.4 Å². The van der Waals surface area contributed by atoms with Crippen LogP contribution in [0.25, 0.3) is 0 Å². The minimum atomic E-state index is -0.993. The minimum absolute atomic E-state index is 0.00253. The first-order chi connectivity index (χ1) is 21.2. The number of allylic oxidation sites excluding steroid dienone is 1. The Morgan fingerprint density at radius 1 is 1.14 bits per heavy atom. The largest absolute Gasteiger partial charge is 0.341 e. The van der Waals surface area contributed by atoms with Gasteiger partial charge in [0.1, 0.15) is 5.56 Å².